The van der Waals surface area contributed by atoms with E-state index < -0.39 is 0 Å². The molecule has 5 nitrogen and oxygen atoms in total. The number of benzene rings is 1. The Bertz CT molecular complexity index is 652. The SMILES string of the molecule is COc1cc(C)c(-c2cc(=O)[nH]c(N)n2)cc1Cl. The molecule has 0 saturated carbocycles. The molecule has 6 heteroatoms. The van der Waals surface area contributed by atoms with Crippen LogP contribution in [0.25, 0.3) is 11.3 Å². The number of nitrogens with zero attached hydrogens (tertiary/aromatic N) is 1. The number of aromatic nitrogens is 2. The number of halogens is 1. The summed E-state index contributed by atoms with van der Waals surface area (Å²) in [7, 11) is 1.55. The Labute approximate surface area is 109 Å². The zero-order valence-electron chi connectivity index (χ0n) is 9.95. The van der Waals surface area contributed by atoms with Gasteiger partial charge in [-0.25, -0.2) is 4.98 Å². The Hall–Kier alpha value is -2.01. The molecule has 18 heavy (non-hydrogen) atoms. The number of aromatic amines is 1. The lowest BCUT2D eigenvalue weighted by atomic mass is 10.1. The van der Waals surface area contributed by atoms with Crippen molar-refractivity contribution in [3.63, 3.8) is 0 Å². The lowest BCUT2D eigenvalue weighted by Crippen LogP contribution is -2.10. The van der Waals surface area contributed by atoms with Crippen molar-refractivity contribution in [3.8, 4) is 17.0 Å². The van der Waals surface area contributed by atoms with E-state index in [1.165, 1.54) is 6.07 Å². The molecule has 0 radical (unpaired) electrons. The first-order valence-electron chi connectivity index (χ1n) is 5.22. The van der Waals surface area contributed by atoms with E-state index in [0.29, 0.717) is 16.5 Å². The van der Waals surface area contributed by atoms with Gasteiger partial charge in [-0.2, -0.15) is 0 Å². The lowest BCUT2D eigenvalue weighted by molar-refractivity contribution is 0.415. The minimum absolute atomic E-state index is 0.0730. The monoisotopic (exact) mass is 265 g/mol. The first-order valence-corrected chi connectivity index (χ1v) is 5.60. The number of hydrogen-bond acceptors (Lipinski definition) is 4. The first-order chi connectivity index (χ1) is 8.51. The summed E-state index contributed by atoms with van der Waals surface area (Å²) in [5, 5.41) is 0.457. The Morgan fingerprint density at radius 1 is 1.39 bits per heavy atom. The lowest BCUT2D eigenvalue weighted by Gasteiger charge is -2.09. The van der Waals surface area contributed by atoms with Crippen LogP contribution in [0.3, 0.4) is 0 Å². The Balaban J connectivity index is 2.64. The van der Waals surface area contributed by atoms with Gasteiger partial charge in [0.2, 0.25) is 5.95 Å². The first kappa shape index (κ1) is 12.4. The standard InChI is InChI=1S/C12H12ClN3O2/c1-6-3-10(18-2)8(13)4-7(6)9-5-11(17)16-12(14)15-9/h3-5H,1-2H3,(H3,14,15,16,17). The Kier molecular flexibility index (Phi) is 3.25. The number of rotatable bonds is 2. The molecule has 0 amide bonds. The van der Waals surface area contributed by atoms with Crippen LogP contribution in [0.4, 0.5) is 5.95 Å². The third-order valence-electron chi connectivity index (χ3n) is 2.53. The molecular weight excluding hydrogens is 254 g/mol. The molecule has 0 bridgehead atoms. The van der Waals surface area contributed by atoms with E-state index in [0.717, 1.165) is 11.1 Å². The number of nitrogens with two attached hydrogens (primary N) is 1. The largest absolute Gasteiger partial charge is 0.495 e. The molecule has 3 N–H and O–H groups in total. The maximum Gasteiger partial charge on any atom is 0.252 e. The van der Waals surface area contributed by atoms with Gasteiger partial charge >= 0.3 is 0 Å². The highest BCUT2D eigenvalue weighted by molar-refractivity contribution is 6.32. The average Bonchev–Trinajstić information content (AvgIpc) is 2.30. The number of H-pyrrole nitrogens is 1. The van der Waals surface area contributed by atoms with Crippen LogP contribution in [-0.2, 0) is 0 Å². The number of aryl methyl sites for hydroxylation is 1. The molecule has 1 aromatic carbocycles. The van der Waals surface area contributed by atoms with E-state index >= 15 is 0 Å². The fourth-order valence-electron chi connectivity index (χ4n) is 1.70. The van der Waals surface area contributed by atoms with E-state index in [9.17, 15) is 4.79 Å². The second kappa shape index (κ2) is 4.70. The topological polar surface area (TPSA) is 81.0 Å². The Morgan fingerprint density at radius 3 is 2.72 bits per heavy atom. The summed E-state index contributed by atoms with van der Waals surface area (Å²) >= 11 is 6.06. The Morgan fingerprint density at radius 2 is 2.11 bits per heavy atom. The number of nitrogens with one attached hydrogen (secondary N) is 1. The van der Waals surface area contributed by atoms with Crippen LogP contribution in [0.15, 0.2) is 23.0 Å². The van der Waals surface area contributed by atoms with Gasteiger partial charge in [0.15, 0.2) is 0 Å². The van der Waals surface area contributed by atoms with Crippen molar-refractivity contribution in [1.82, 2.24) is 9.97 Å². The molecule has 0 unspecified atom stereocenters. The molecule has 0 aliphatic heterocycles. The van der Waals surface area contributed by atoms with Crippen LogP contribution in [0.1, 0.15) is 5.56 Å². The maximum absolute atomic E-state index is 11.4. The minimum atomic E-state index is -0.302. The smallest absolute Gasteiger partial charge is 0.252 e. The predicted octanol–water partition coefficient (Wildman–Crippen LogP) is 1.99. The number of nitrogen functional groups attached to an aromatic ring is 1. The number of methoxy groups -OCH3 is 1. The van der Waals surface area contributed by atoms with Crippen LogP contribution >= 0.6 is 11.6 Å². The number of anilines is 1. The summed E-state index contributed by atoms with van der Waals surface area (Å²) in [5.41, 5.74) is 7.34. The second-order valence-electron chi connectivity index (χ2n) is 3.82. The highest BCUT2D eigenvalue weighted by Gasteiger charge is 2.10. The normalized spacial score (nSPS) is 10.4. The van der Waals surface area contributed by atoms with E-state index in [4.69, 9.17) is 22.1 Å². The fourth-order valence-corrected chi connectivity index (χ4v) is 1.94. The highest BCUT2D eigenvalue weighted by Crippen LogP contribution is 2.32. The zero-order chi connectivity index (χ0) is 13.3. The molecule has 1 aromatic heterocycles. The van der Waals surface area contributed by atoms with Crippen molar-refractivity contribution in [2.45, 2.75) is 6.92 Å². The summed E-state index contributed by atoms with van der Waals surface area (Å²) in [6.45, 7) is 1.88. The van der Waals surface area contributed by atoms with Gasteiger partial charge in [0, 0.05) is 11.6 Å². The van der Waals surface area contributed by atoms with Crippen molar-refractivity contribution in [3.05, 3.63) is 39.1 Å². The van der Waals surface area contributed by atoms with Crippen molar-refractivity contribution >= 4 is 17.5 Å². The van der Waals surface area contributed by atoms with Crippen molar-refractivity contribution in [1.29, 1.82) is 0 Å². The maximum atomic E-state index is 11.4. The van der Waals surface area contributed by atoms with Gasteiger partial charge in [-0.05, 0) is 24.6 Å². The predicted molar refractivity (Wildman–Crippen MR) is 71.0 cm³/mol. The average molecular weight is 266 g/mol. The molecule has 0 fully saturated rings. The number of hydrogen-bond donors (Lipinski definition) is 2. The summed E-state index contributed by atoms with van der Waals surface area (Å²) in [4.78, 5) is 17.8. The molecule has 0 spiro atoms. The molecule has 94 valence electrons. The summed E-state index contributed by atoms with van der Waals surface area (Å²) in [5.74, 6) is 0.652. The summed E-state index contributed by atoms with van der Waals surface area (Å²) in [6.07, 6.45) is 0. The van der Waals surface area contributed by atoms with Crippen molar-refractivity contribution in [2.24, 2.45) is 0 Å². The molecule has 0 saturated heterocycles. The van der Waals surface area contributed by atoms with Crippen LogP contribution in [0.5, 0.6) is 5.75 Å². The van der Waals surface area contributed by atoms with E-state index in [1.54, 1.807) is 19.2 Å². The van der Waals surface area contributed by atoms with Gasteiger partial charge in [0.05, 0.1) is 17.8 Å². The third-order valence-corrected chi connectivity index (χ3v) is 2.83. The zero-order valence-corrected chi connectivity index (χ0v) is 10.7. The minimum Gasteiger partial charge on any atom is -0.495 e. The van der Waals surface area contributed by atoms with E-state index in [1.807, 2.05) is 6.92 Å². The van der Waals surface area contributed by atoms with Gasteiger partial charge < -0.3 is 10.5 Å². The highest BCUT2D eigenvalue weighted by atomic mass is 35.5. The van der Waals surface area contributed by atoms with Crippen molar-refractivity contribution < 1.29 is 4.74 Å². The van der Waals surface area contributed by atoms with Crippen LogP contribution < -0.4 is 16.0 Å². The van der Waals surface area contributed by atoms with Gasteiger partial charge in [0.1, 0.15) is 5.75 Å². The van der Waals surface area contributed by atoms with E-state index in [-0.39, 0.29) is 11.5 Å². The molecular formula is C12H12ClN3O2. The molecule has 0 atom stereocenters. The van der Waals surface area contributed by atoms with Crippen LogP contribution in [0, 0.1) is 6.92 Å². The number of ether oxygens (including phenoxy) is 1. The molecule has 1 heterocycles. The van der Waals surface area contributed by atoms with Gasteiger partial charge in [-0.15, -0.1) is 0 Å². The van der Waals surface area contributed by atoms with Crippen molar-refractivity contribution in [2.75, 3.05) is 12.8 Å². The van der Waals surface area contributed by atoms with Gasteiger partial charge in [0.25, 0.3) is 5.56 Å². The van der Waals surface area contributed by atoms with Crippen LogP contribution in [-0.4, -0.2) is 17.1 Å². The quantitative estimate of drug-likeness (QED) is 0.870. The molecule has 0 aliphatic carbocycles. The van der Waals surface area contributed by atoms with Gasteiger partial charge in [-0.1, -0.05) is 11.6 Å². The summed E-state index contributed by atoms with van der Waals surface area (Å²) < 4.78 is 5.12. The second-order valence-corrected chi connectivity index (χ2v) is 4.22. The molecule has 2 rings (SSSR count). The molecule has 2 aromatic rings. The third kappa shape index (κ3) is 2.31. The summed E-state index contributed by atoms with van der Waals surface area (Å²) in [6, 6.07) is 4.87. The fraction of sp³-hybridized carbons (Fsp3) is 0.167. The van der Waals surface area contributed by atoms with Crippen LogP contribution in [0.2, 0.25) is 5.02 Å². The van der Waals surface area contributed by atoms with E-state index in [2.05, 4.69) is 9.97 Å². The van der Waals surface area contributed by atoms with Gasteiger partial charge in [-0.3, -0.25) is 9.78 Å². The molecule has 0 aliphatic rings.